The van der Waals surface area contributed by atoms with Gasteiger partial charge in [-0.15, -0.1) is 5.11 Å². The molecule has 0 aromatic carbocycles. The Morgan fingerprint density at radius 1 is 1.57 bits per heavy atom. The van der Waals surface area contributed by atoms with Crippen molar-refractivity contribution in [1.82, 2.24) is 0 Å². The van der Waals surface area contributed by atoms with Gasteiger partial charge in [-0.3, -0.25) is 0 Å². The van der Waals surface area contributed by atoms with Gasteiger partial charge >= 0.3 is 0 Å². The van der Waals surface area contributed by atoms with Crippen molar-refractivity contribution in [3.05, 3.63) is 10.3 Å². The summed E-state index contributed by atoms with van der Waals surface area (Å²) in [5.41, 5.74) is 6.22. The Bertz CT molecular complexity index is 96.4. The van der Waals surface area contributed by atoms with Crippen LogP contribution in [0, 0.1) is 5.53 Å². The van der Waals surface area contributed by atoms with Crippen LogP contribution < -0.4 is 0 Å². The van der Waals surface area contributed by atoms with Crippen LogP contribution in [0.1, 0.15) is 0 Å². The Kier molecular flexibility index (Phi) is 5.53. The Morgan fingerprint density at radius 3 is 2.71 bits per heavy atom. The molecule has 0 saturated carbocycles. The number of halogens is 1. The van der Waals surface area contributed by atoms with Crippen molar-refractivity contribution in [2.24, 2.45) is 10.1 Å². The van der Waals surface area contributed by atoms with Gasteiger partial charge in [-0.2, -0.15) is 0 Å². The van der Waals surface area contributed by atoms with E-state index in [-0.39, 0.29) is 0 Å². The molecule has 0 atom stereocenters. The second-order valence-electron chi connectivity index (χ2n) is 0.669. The highest BCUT2D eigenvalue weighted by molar-refractivity contribution is 14.1. The van der Waals surface area contributed by atoms with Gasteiger partial charge in [0, 0.05) is 6.20 Å². The van der Waals surface area contributed by atoms with Crippen molar-refractivity contribution in [3.63, 3.8) is 0 Å². The van der Waals surface area contributed by atoms with Gasteiger partial charge in [-0.25, -0.2) is 10.5 Å². The van der Waals surface area contributed by atoms with E-state index in [1.165, 1.54) is 0 Å². The molecule has 0 bridgehead atoms. The van der Waals surface area contributed by atoms with Gasteiger partial charge in [0.25, 0.3) is 0 Å². The first-order valence-corrected chi connectivity index (χ1v) is 2.80. The Balaban J connectivity index is 3.27. The second kappa shape index (κ2) is 5.74. The summed E-state index contributed by atoms with van der Waals surface area (Å²) in [5.74, 6) is 0. The van der Waals surface area contributed by atoms with Crippen LogP contribution in [0.5, 0.6) is 0 Å². The van der Waals surface area contributed by atoms with Crippen molar-refractivity contribution in [2.75, 3.05) is 0 Å². The van der Waals surface area contributed by atoms with Crippen molar-refractivity contribution in [2.45, 2.75) is 0 Å². The second-order valence-corrected chi connectivity index (χ2v) is 1.39. The summed E-state index contributed by atoms with van der Waals surface area (Å²) in [4.78, 5) is 3.54. The monoisotopic (exact) mass is 209 g/mol. The molecule has 1 N–H and O–H groups in total. The summed E-state index contributed by atoms with van der Waals surface area (Å²) in [7, 11) is 0. The minimum Gasteiger partial charge on any atom is -0.242 e. The Hall–Kier alpha value is -0.260. The molecule has 0 saturated heterocycles. The normalized spacial score (nSPS) is 11.0. The molecular weight excluding hydrogens is 205 g/mol. The first kappa shape index (κ1) is 6.74. The molecule has 3 nitrogen and oxygen atoms in total. The fraction of sp³-hybridized carbons (Fsp3) is 0. The Morgan fingerprint density at radius 2 is 2.29 bits per heavy atom. The predicted molar refractivity (Wildman–Crippen MR) is 36.8 cm³/mol. The van der Waals surface area contributed by atoms with Gasteiger partial charge in [0.2, 0.25) is 0 Å². The lowest BCUT2D eigenvalue weighted by molar-refractivity contribution is 1.20. The maximum absolute atomic E-state index is 6.22. The largest absolute Gasteiger partial charge is 0.242 e. The molecule has 0 aliphatic rings. The average molecular weight is 209 g/mol. The number of nitrogens with one attached hydrogen (secondary N) is 1. The van der Waals surface area contributed by atoms with Crippen molar-refractivity contribution < 1.29 is 0 Å². The highest BCUT2D eigenvalue weighted by Gasteiger charge is 1.54. The number of rotatable bonds is 2. The van der Waals surface area contributed by atoms with Crippen molar-refractivity contribution in [1.29, 1.82) is 5.53 Å². The van der Waals surface area contributed by atoms with E-state index in [0.717, 1.165) is 6.34 Å². The molecule has 4 heteroatoms. The number of hydrogen-bond donors (Lipinski definition) is 1. The third-order valence-electron chi connectivity index (χ3n) is 0.267. The zero-order chi connectivity index (χ0) is 5.54. The summed E-state index contributed by atoms with van der Waals surface area (Å²) >= 11 is 2.03. The smallest absolute Gasteiger partial charge is 0.137 e. The molecule has 0 spiro atoms. The number of hydrogen-bond acceptors (Lipinski definition) is 2. The van der Waals surface area contributed by atoms with Crippen LogP contribution in [-0.2, 0) is 0 Å². The lowest BCUT2D eigenvalue weighted by atomic mass is 11.0. The summed E-state index contributed by atoms with van der Waals surface area (Å²) in [6.07, 6.45) is 2.72. The van der Waals surface area contributed by atoms with E-state index < -0.39 is 0 Å². The minimum atomic E-state index is 1.16. The summed E-state index contributed by atoms with van der Waals surface area (Å²) in [6.45, 7) is 0. The Labute approximate surface area is 55.2 Å². The van der Waals surface area contributed by atoms with Gasteiger partial charge in [-0.1, -0.05) is 22.6 Å². The predicted octanol–water partition coefficient (Wildman–Crippen LogP) is 1.95. The van der Waals surface area contributed by atoms with Crippen LogP contribution >= 0.6 is 22.6 Å². The van der Waals surface area contributed by atoms with Crippen molar-refractivity contribution in [3.8, 4) is 0 Å². The molecule has 0 unspecified atom stereocenters. The van der Waals surface area contributed by atoms with Gasteiger partial charge in [0.05, 0.1) is 0 Å². The summed E-state index contributed by atoms with van der Waals surface area (Å²) in [5, 5.41) is 2.88. The van der Waals surface area contributed by atoms with Crippen LogP contribution in [0.2, 0.25) is 0 Å². The third kappa shape index (κ3) is 5.74. The number of aliphatic imine (C=N–C) groups is 1. The third-order valence-corrected chi connectivity index (χ3v) is 0.588. The van der Waals surface area contributed by atoms with E-state index >= 15 is 0 Å². The maximum Gasteiger partial charge on any atom is 0.137 e. The van der Waals surface area contributed by atoms with Crippen molar-refractivity contribution >= 4 is 28.9 Å². The van der Waals surface area contributed by atoms with Crippen LogP contribution in [0.4, 0.5) is 0 Å². The molecule has 0 aromatic heterocycles. The van der Waals surface area contributed by atoms with Crippen LogP contribution in [0.25, 0.3) is 0 Å². The first-order valence-electron chi connectivity index (χ1n) is 1.55. The minimum absolute atomic E-state index is 1.16. The molecule has 0 aliphatic heterocycles. The van der Waals surface area contributed by atoms with E-state index in [9.17, 15) is 0 Å². The first-order chi connectivity index (χ1) is 3.41. The fourth-order valence-electron chi connectivity index (χ4n) is 0.104. The molecular formula is C3H4IN3. The van der Waals surface area contributed by atoms with E-state index in [1.807, 2.05) is 22.6 Å². The van der Waals surface area contributed by atoms with Crippen LogP contribution in [0.3, 0.4) is 0 Å². The quantitative estimate of drug-likeness (QED) is 0.312. The molecule has 0 aliphatic carbocycles. The molecule has 0 radical (unpaired) electrons. The zero-order valence-corrected chi connectivity index (χ0v) is 5.66. The molecule has 0 amide bonds. The van der Waals surface area contributed by atoms with Crippen LogP contribution in [-0.4, -0.2) is 6.34 Å². The molecule has 0 rings (SSSR count). The summed E-state index contributed by atoms with van der Waals surface area (Å²) < 4.78 is 1.74. The topological polar surface area (TPSA) is 48.6 Å². The van der Waals surface area contributed by atoms with Crippen LogP contribution in [0.15, 0.2) is 20.4 Å². The number of nitrogens with zero attached hydrogens (tertiary/aromatic N) is 2. The maximum atomic E-state index is 6.22. The molecule has 7 heavy (non-hydrogen) atoms. The van der Waals surface area contributed by atoms with E-state index in [4.69, 9.17) is 5.53 Å². The molecule has 0 fully saturated rings. The van der Waals surface area contributed by atoms with Gasteiger partial charge in [-0.05, 0) is 4.08 Å². The van der Waals surface area contributed by atoms with Gasteiger partial charge < -0.3 is 0 Å². The molecule has 38 valence electrons. The lowest BCUT2D eigenvalue weighted by Gasteiger charge is -1.64. The highest BCUT2D eigenvalue weighted by atomic mass is 127. The zero-order valence-electron chi connectivity index (χ0n) is 3.50. The summed E-state index contributed by atoms with van der Waals surface area (Å²) in [6, 6.07) is 0. The van der Waals surface area contributed by atoms with E-state index in [0.29, 0.717) is 0 Å². The standard InChI is InChI=1S/C3H4IN3/c4-1-2-6-3-7-5/h1-3,5H/b2-1-,6-3?,7-5?. The van der Waals surface area contributed by atoms with E-state index in [1.54, 1.807) is 10.3 Å². The molecule has 0 aromatic rings. The van der Waals surface area contributed by atoms with Gasteiger partial charge in [0.1, 0.15) is 6.34 Å². The average Bonchev–Trinajstić information content (AvgIpc) is 1.69. The van der Waals surface area contributed by atoms with Gasteiger partial charge in [0.15, 0.2) is 0 Å². The van der Waals surface area contributed by atoms with E-state index in [2.05, 4.69) is 10.1 Å². The fourth-order valence-corrected chi connectivity index (χ4v) is 0.290. The lowest BCUT2D eigenvalue weighted by Crippen LogP contribution is -1.53. The SMILES string of the molecule is N=NC=N/C=C\I. The molecule has 0 heterocycles. The highest BCUT2D eigenvalue weighted by Crippen LogP contribution is 1.82.